The number of nitrogens with zero attached hydrogens (tertiary/aromatic N) is 1. The number of primary sulfonamides is 1. The van der Waals surface area contributed by atoms with Gasteiger partial charge in [0.15, 0.2) is 0 Å². The number of para-hydroxylation sites is 2. The summed E-state index contributed by atoms with van der Waals surface area (Å²) in [6, 6.07) is 23.3. The van der Waals surface area contributed by atoms with Crippen molar-refractivity contribution in [2.24, 2.45) is 5.14 Å². The predicted octanol–water partition coefficient (Wildman–Crippen LogP) is 3.15. The van der Waals surface area contributed by atoms with E-state index in [4.69, 9.17) is 9.88 Å². The fourth-order valence-corrected chi connectivity index (χ4v) is 4.32. The van der Waals surface area contributed by atoms with E-state index in [1.807, 2.05) is 61.5 Å². The topological polar surface area (TPSA) is 102 Å². The first-order chi connectivity index (χ1) is 15.3. The molecule has 3 aromatic carbocycles. The van der Waals surface area contributed by atoms with Crippen molar-refractivity contribution in [1.82, 2.24) is 5.32 Å². The Balaban J connectivity index is 1.52. The summed E-state index contributed by atoms with van der Waals surface area (Å²) in [5.41, 5.74) is 2.60. The first-order valence-corrected chi connectivity index (χ1v) is 11.8. The second-order valence-corrected chi connectivity index (χ2v) is 9.25. The first-order valence-electron chi connectivity index (χ1n) is 10.3. The largest absolute Gasteiger partial charge is 0.489 e. The van der Waals surface area contributed by atoms with Gasteiger partial charge < -0.3 is 10.1 Å². The van der Waals surface area contributed by atoms with Crippen molar-refractivity contribution in [3.05, 3.63) is 90.0 Å². The van der Waals surface area contributed by atoms with Crippen LogP contribution >= 0.6 is 0 Å². The quantitative estimate of drug-likeness (QED) is 0.600. The number of carbonyl (C=O) groups is 1. The molecule has 0 saturated heterocycles. The van der Waals surface area contributed by atoms with Crippen molar-refractivity contribution in [3.63, 3.8) is 0 Å². The molecule has 0 saturated carbocycles. The number of rotatable bonds is 6. The third kappa shape index (κ3) is 4.67. The van der Waals surface area contributed by atoms with Crippen molar-refractivity contribution in [3.8, 4) is 5.75 Å². The molecular weight excluding hydrogens is 426 g/mol. The molecule has 0 bridgehead atoms. The molecule has 1 aliphatic rings. The number of anilines is 1. The number of amides is 1. The molecule has 166 valence electrons. The minimum Gasteiger partial charge on any atom is -0.489 e. The Morgan fingerprint density at radius 2 is 1.72 bits per heavy atom. The predicted molar refractivity (Wildman–Crippen MR) is 123 cm³/mol. The number of ether oxygens (including phenoxy) is 1. The highest BCUT2D eigenvalue weighted by molar-refractivity contribution is 7.89. The van der Waals surface area contributed by atoms with Crippen LogP contribution in [-0.4, -0.2) is 27.5 Å². The molecule has 32 heavy (non-hydrogen) atoms. The second kappa shape index (κ2) is 9.12. The van der Waals surface area contributed by atoms with Crippen LogP contribution in [0.3, 0.4) is 0 Å². The normalized spacial score (nSPS) is 16.7. The summed E-state index contributed by atoms with van der Waals surface area (Å²) in [5.74, 6) is 0.599. The molecule has 0 fully saturated rings. The summed E-state index contributed by atoms with van der Waals surface area (Å²) in [7, 11) is -3.74. The van der Waals surface area contributed by atoms with Gasteiger partial charge in [0.25, 0.3) is 0 Å². The SMILES string of the molecule is C[C@H](NCC(=O)N1c2ccccc2OC[C@@H]1c1ccccc1)c1ccc(S(N)(=O)=O)cc1. The molecule has 1 heterocycles. The van der Waals surface area contributed by atoms with Crippen LogP contribution in [0.15, 0.2) is 83.8 Å². The third-order valence-electron chi connectivity index (χ3n) is 5.55. The molecule has 4 rings (SSSR count). The lowest BCUT2D eigenvalue weighted by Crippen LogP contribution is -2.45. The van der Waals surface area contributed by atoms with Gasteiger partial charge >= 0.3 is 0 Å². The van der Waals surface area contributed by atoms with Crippen molar-refractivity contribution in [1.29, 1.82) is 0 Å². The van der Waals surface area contributed by atoms with Crippen LogP contribution in [0, 0.1) is 0 Å². The van der Waals surface area contributed by atoms with Crippen LogP contribution in [0.4, 0.5) is 5.69 Å². The summed E-state index contributed by atoms with van der Waals surface area (Å²) in [6.07, 6.45) is 0. The van der Waals surface area contributed by atoms with Gasteiger partial charge in [-0.15, -0.1) is 0 Å². The zero-order valence-electron chi connectivity index (χ0n) is 17.6. The van der Waals surface area contributed by atoms with E-state index in [0.717, 1.165) is 16.8 Å². The summed E-state index contributed by atoms with van der Waals surface area (Å²) < 4.78 is 28.8. The fraction of sp³-hybridized carbons (Fsp3) is 0.208. The number of benzene rings is 3. The molecule has 0 aromatic heterocycles. The van der Waals surface area contributed by atoms with E-state index in [1.165, 1.54) is 12.1 Å². The average Bonchev–Trinajstić information content (AvgIpc) is 2.81. The van der Waals surface area contributed by atoms with Gasteiger partial charge in [0.2, 0.25) is 15.9 Å². The fourth-order valence-electron chi connectivity index (χ4n) is 3.81. The monoisotopic (exact) mass is 451 g/mol. The maximum atomic E-state index is 13.4. The number of hydrogen-bond acceptors (Lipinski definition) is 5. The van der Waals surface area contributed by atoms with Gasteiger partial charge in [-0.05, 0) is 42.3 Å². The van der Waals surface area contributed by atoms with E-state index in [1.54, 1.807) is 17.0 Å². The van der Waals surface area contributed by atoms with Crippen LogP contribution in [0.25, 0.3) is 0 Å². The van der Waals surface area contributed by atoms with E-state index in [-0.39, 0.29) is 29.4 Å². The smallest absolute Gasteiger partial charge is 0.241 e. The van der Waals surface area contributed by atoms with Gasteiger partial charge in [-0.3, -0.25) is 9.69 Å². The summed E-state index contributed by atoms with van der Waals surface area (Å²) >= 11 is 0. The number of nitrogens with one attached hydrogen (secondary N) is 1. The van der Waals surface area contributed by atoms with Crippen molar-refractivity contribution >= 4 is 21.6 Å². The molecule has 0 spiro atoms. The van der Waals surface area contributed by atoms with E-state index in [2.05, 4.69) is 5.32 Å². The standard InChI is InChI=1S/C24H25N3O4S/c1-17(18-11-13-20(14-12-18)32(25,29)30)26-15-24(28)27-21-9-5-6-10-23(21)31-16-22(27)19-7-3-2-4-8-19/h2-14,17,22,26H,15-16H2,1H3,(H2,25,29,30)/t17-,22+/m0/s1. The summed E-state index contributed by atoms with van der Waals surface area (Å²) in [6.45, 7) is 2.40. The maximum Gasteiger partial charge on any atom is 0.241 e. The van der Waals surface area contributed by atoms with Gasteiger partial charge in [0.05, 0.1) is 23.2 Å². The number of carbonyl (C=O) groups excluding carboxylic acids is 1. The Bertz CT molecular complexity index is 1200. The lowest BCUT2D eigenvalue weighted by Gasteiger charge is -2.37. The van der Waals surface area contributed by atoms with Crippen molar-refractivity contribution in [2.45, 2.75) is 23.9 Å². The Labute approximate surface area is 187 Å². The lowest BCUT2D eigenvalue weighted by atomic mass is 10.0. The molecular formula is C24H25N3O4S. The Hall–Kier alpha value is -3.20. The van der Waals surface area contributed by atoms with E-state index in [9.17, 15) is 13.2 Å². The highest BCUT2D eigenvalue weighted by Gasteiger charge is 2.33. The van der Waals surface area contributed by atoms with Crippen molar-refractivity contribution in [2.75, 3.05) is 18.1 Å². The van der Waals surface area contributed by atoms with Gasteiger partial charge in [-0.25, -0.2) is 13.6 Å². The van der Waals surface area contributed by atoms with Crippen LogP contribution in [0.2, 0.25) is 0 Å². The van der Waals surface area contributed by atoms with E-state index < -0.39 is 10.0 Å². The van der Waals surface area contributed by atoms with Gasteiger partial charge in [-0.2, -0.15) is 0 Å². The second-order valence-electron chi connectivity index (χ2n) is 7.69. The van der Waals surface area contributed by atoms with Gasteiger partial charge in [0.1, 0.15) is 12.4 Å². The van der Waals surface area contributed by atoms with Crippen LogP contribution in [0.5, 0.6) is 5.75 Å². The number of fused-ring (bicyclic) bond motifs is 1. The molecule has 7 nitrogen and oxygen atoms in total. The summed E-state index contributed by atoms with van der Waals surface area (Å²) in [4.78, 5) is 15.2. The molecule has 1 amide bonds. The number of hydrogen-bond donors (Lipinski definition) is 2. The minimum absolute atomic E-state index is 0.0557. The third-order valence-corrected chi connectivity index (χ3v) is 6.48. The zero-order valence-corrected chi connectivity index (χ0v) is 18.5. The summed E-state index contributed by atoms with van der Waals surface area (Å²) in [5, 5.41) is 8.40. The molecule has 0 aliphatic carbocycles. The molecule has 2 atom stereocenters. The zero-order chi connectivity index (χ0) is 22.7. The molecule has 8 heteroatoms. The Morgan fingerprint density at radius 1 is 1.06 bits per heavy atom. The minimum atomic E-state index is -3.74. The molecule has 1 aliphatic heterocycles. The maximum absolute atomic E-state index is 13.4. The first kappa shape index (κ1) is 22.0. The van der Waals surface area contributed by atoms with E-state index >= 15 is 0 Å². The van der Waals surface area contributed by atoms with Gasteiger partial charge in [0, 0.05) is 6.04 Å². The highest BCUT2D eigenvalue weighted by Crippen LogP contribution is 2.39. The Morgan fingerprint density at radius 3 is 2.41 bits per heavy atom. The number of sulfonamides is 1. The van der Waals surface area contributed by atoms with Crippen LogP contribution in [0.1, 0.15) is 30.1 Å². The lowest BCUT2D eigenvalue weighted by molar-refractivity contribution is -0.118. The molecule has 3 N–H and O–H groups in total. The van der Waals surface area contributed by atoms with Crippen molar-refractivity contribution < 1.29 is 17.9 Å². The Kier molecular flexibility index (Phi) is 6.27. The molecule has 3 aromatic rings. The molecule has 0 radical (unpaired) electrons. The van der Waals surface area contributed by atoms with Gasteiger partial charge in [-0.1, -0.05) is 54.6 Å². The van der Waals surface area contributed by atoms with E-state index in [0.29, 0.717) is 12.4 Å². The molecule has 0 unspecified atom stereocenters. The van der Waals surface area contributed by atoms with Crippen LogP contribution < -0.4 is 20.1 Å². The highest BCUT2D eigenvalue weighted by atomic mass is 32.2. The number of nitrogens with two attached hydrogens (primary N) is 1. The average molecular weight is 452 g/mol. The van der Waals surface area contributed by atoms with Crippen LogP contribution in [-0.2, 0) is 14.8 Å².